The summed E-state index contributed by atoms with van der Waals surface area (Å²) in [5.74, 6) is 5.21. The van der Waals surface area contributed by atoms with Gasteiger partial charge in [0.1, 0.15) is 11.6 Å². The van der Waals surface area contributed by atoms with E-state index >= 15 is 0 Å². The molecule has 2 aromatic rings. The minimum Gasteiger partial charge on any atom is -0.384 e. The van der Waals surface area contributed by atoms with Gasteiger partial charge in [0.15, 0.2) is 0 Å². The first-order chi connectivity index (χ1) is 9.72. The van der Waals surface area contributed by atoms with Crippen molar-refractivity contribution in [2.45, 2.75) is 19.9 Å². The number of hydrogen-bond donors (Lipinski definition) is 2. The number of thiophene rings is 1. The number of aromatic nitrogens is 1. The van der Waals surface area contributed by atoms with Gasteiger partial charge in [-0.25, -0.2) is 4.98 Å². The van der Waals surface area contributed by atoms with Crippen LogP contribution in [0.5, 0.6) is 0 Å². The van der Waals surface area contributed by atoms with Gasteiger partial charge in [0.05, 0.1) is 17.0 Å². The van der Waals surface area contributed by atoms with Crippen molar-refractivity contribution in [3.05, 3.63) is 38.0 Å². The number of nitrogens with zero attached hydrogens (tertiary/aromatic N) is 1. The van der Waals surface area contributed by atoms with Crippen molar-refractivity contribution in [3.63, 3.8) is 0 Å². The van der Waals surface area contributed by atoms with Gasteiger partial charge in [-0.2, -0.15) is 0 Å². The lowest BCUT2D eigenvalue weighted by Gasteiger charge is -2.00. The second kappa shape index (κ2) is 7.20. The van der Waals surface area contributed by atoms with Crippen molar-refractivity contribution in [2.75, 3.05) is 6.61 Å². The van der Waals surface area contributed by atoms with Crippen LogP contribution in [0.15, 0.2) is 17.6 Å². The van der Waals surface area contributed by atoms with Gasteiger partial charge in [0.25, 0.3) is 5.91 Å². The normalized spacial score (nSPS) is 9.90. The van der Waals surface area contributed by atoms with Gasteiger partial charge < -0.3 is 10.4 Å². The van der Waals surface area contributed by atoms with Crippen molar-refractivity contribution in [1.82, 2.24) is 10.3 Å². The lowest BCUT2D eigenvalue weighted by molar-refractivity contribution is 0.0951. The molecule has 0 unspecified atom stereocenters. The zero-order valence-corrected chi connectivity index (χ0v) is 12.6. The molecule has 0 saturated carbocycles. The van der Waals surface area contributed by atoms with E-state index in [-0.39, 0.29) is 12.5 Å². The molecule has 2 rings (SSSR count). The maximum absolute atomic E-state index is 12.0. The molecule has 0 saturated heterocycles. The van der Waals surface area contributed by atoms with E-state index in [0.717, 1.165) is 16.3 Å². The smallest absolute Gasteiger partial charge is 0.252 e. The van der Waals surface area contributed by atoms with Gasteiger partial charge in [-0.05, 0) is 12.5 Å². The largest absolute Gasteiger partial charge is 0.384 e. The van der Waals surface area contributed by atoms with Crippen LogP contribution in [0.2, 0.25) is 0 Å². The van der Waals surface area contributed by atoms with Gasteiger partial charge in [0, 0.05) is 16.5 Å². The molecule has 0 aliphatic rings. The van der Waals surface area contributed by atoms with E-state index in [2.05, 4.69) is 29.1 Å². The molecule has 20 heavy (non-hydrogen) atoms. The Morgan fingerprint density at radius 2 is 2.40 bits per heavy atom. The minimum absolute atomic E-state index is 0.133. The zero-order chi connectivity index (χ0) is 14.4. The van der Waals surface area contributed by atoms with E-state index in [9.17, 15) is 4.79 Å². The number of aliphatic hydroxyl groups is 1. The van der Waals surface area contributed by atoms with Gasteiger partial charge in [0.2, 0.25) is 0 Å². The van der Waals surface area contributed by atoms with Gasteiger partial charge in [-0.15, -0.1) is 22.7 Å². The van der Waals surface area contributed by atoms with E-state index in [1.807, 2.05) is 6.20 Å². The highest BCUT2D eigenvalue weighted by Crippen LogP contribution is 2.15. The maximum atomic E-state index is 12.0. The summed E-state index contributed by atoms with van der Waals surface area (Å²) in [6, 6.07) is 1.72. The number of hydrogen-bond acceptors (Lipinski definition) is 5. The van der Waals surface area contributed by atoms with Crippen molar-refractivity contribution < 1.29 is 9.90 Å². The number of aliphatic hydroxyl groups excluding tert-OH is 1. The van der Waals surface area contributed by atoms with Gasteiger partial charge in [-0.1, -0.05) is 18.8 Å². The molecule has 6 heteroatoms. The number of carbonyl (C=O) groups excluding carboxylic acids is 1. The fourth-order valence-electron chi connectivity index (χ4n) is 1.50. The average Bonchev–Trinajstić information content (AvgIpc) is 3.11. The maximum Gasteiger partial charge on any atom is 0.252 e. The van der Waals surface area contributed by atoms with Crippen LogP contribution >= 0.6 is 22.7 Å². The first-order valence-corrected chi connectivity index (χ1v) is 7.82. The standard InChI is InChI=1S/C14H14N2O2S2/c1-2-11-7-15-13(20-11)8-16-14(18)10-6-12(19-9-10)4-3-5-17/h6-7,9,17H,2,5,8H2,1H3,(H,16,18). The molecule has 0 radical (unpaired) electrons. The van der Waals surface area contributed by atoms with Crippen LogP contribution < -0.4 is 5.32 Å². The molecule has 0 atom stereocenters. The monoisotopic (exact) mass is 306 g/mol. The Labute approximate surface area is 125 Å². The van der Waals surface area contributed by atoms with Crippen LogP contribution in [0.3, 0.4) is 0 Å². The molecule has 0 fully saturated rings. The number of amides is 1. The molecular formula is C14H14N2O2S2. The third-order valence-electron chi connectivity index (χ3n) is 2.50. The van der Waals surface area contributed by atoms with Crippen molar-refractivity contribution in [1.29, 1.82) is 0 Å². The Hall–Kier alpha value is -1.68. The van der Waals surface area contributed by atoms with Crippen LogP contribution in [-0.2, 0) is 13.0 Å². The minimum atomic E-state index is -0.177. The third-order valence-corrected chi connectivity index (χ3v) is 4.49. The third kappa shape index (κ3) is 3.90. The summed E-state index contributed by atoms with van der Waals surface area (Å²) >= 11 is 3.00. The average molecular weight is 306 g/mol. The fraction of sp³-hybridized carbons (Fsp3) is 0.286. The molecule has 0 aliphatic heterocycles. The van der Waals surface area contributed by atoms with E-state index < -0.39 is 0 Å². The Morgan fingerprint density at radius 1 is 1.55 bits per heavy atom. The summed E-state index contributed by atoms with van der Waals surface area (Å²) in [7, 11) is 0. The summed E-state index contributed by atoms with van der Waals surface area (Å²) in [6.45, 7) is 2.34. The zero-order valence-electron chi connectivity index (χ0n) is 11.0. The number of nitrogens with one attached hydrogen (secondary N) is 1. The molecule has 1 amide bonds. The number of rotatable bonds is 4. The Balaban J connectivity index is 1.92. The predicted octanol–water partition coefficient (Wildman–Crippen LogP) is 2.04. The lowest BCUT2D eigenvalue weighted by Crippen LogP contribution is -2.22. The molecule has 0 spiro atoms. The summed E-state index contributed by atoms with van der Waals surface area (Å²) < 4.78 is 0. The summed E-state index contributed by atoms with van der Waals surface area (Å²) in [6.07, 6.45) is 2.81. The molecule has 4 nitrogen and oxygen atoms in total. The first kappa shape index (κ1) is 14.7. The van der Waals surface area contributed by atoms with Crippen molar-refractivity contribution in [3.8, 4) is 11.8 Å². The number of aryl methyl sites for hydroxylation is 1. The SMILES string of the molecule is CCc1cnc(CNC(=O)c2csc(C#CCO)c2)s1. The summed E-state index contributed by atoms with van der Waals surface area (Å²) in [5, 5.41) is 14.1. The second-order valence-electron chi connectivity index (χ2n) is 3.92. The molecular weight excluding hydrogens is 292 g/mol. The second-order valence-corrected chi connectivity index (χ2v) is 6.03. The Kier molecular flexibility index (Phi) is 5.30. The highest BCUT2D eigenvalue weighted by Gasteiger charge is 2.09. The predicted molar refractivity (Wildman–Crippen MR) is 80.9 cm³/mol. The first-order valence-electron chi connectivity index (χ1n) is 6.13. The molecule has 2 aromatic heterocycles. The van der Waals surface area contributed by atoms with E-state index in [0.29, 0.717) is 12.1 Å². The topological polar surface area (TPSA) is 62.2 Å². The number of thiazole rings is 1. The molecule has 2 heterocycles. The van der Waals surface area contributed by atoms with Gasteiger partial charge >= 0.3 is 0 Å². The van der Waals surface area contributed by atoms with Crippen molar-refractivity contribution >= 4 is 28.6 Å². The van der Waals surface area contributed by atoms with E-state index in [4.69, 9.17) is 5.11 Å². The van der Waals surface area contributed by atoms with Crippen LogP contribution in [0.1, 0.15) is 32.0 Å². The van der Waals surface area contributed by atoms with E-state index in [1.165, 1.54) is 16.2 Å². The highest BCUT2D eigenvalue weighted by molar-refractivity contribution is 7.11. The number of carbonyl (C=O) groups is 1. The summed E-state index contributed by atoms with van der Waals surface area (Å²) in [4.78, 5) is 18.2. The fourth-order valence-corrected chi connectivity index (χ4v) is 3.06. The molecule has 0 bridgehead atoms. The molecule has 0 aromatic carbocycles. The lowest BCUT2D eigenvalue weighted by atomic mass is 10.3. The van der Waals surface area contributed by atoms with Crippen LogP contribution in [-0.4, -0.2) is 22.6 Å². The molecule has 104 valence electrons. The Bertz CT molecular complexity index is 649. The highest BCUT2D eigenvalue weighted by atomic mass is 32.1. The van der Waals surface area contributed by atoms with Crippen molar-refractivity contribution in [2.24, 2.45) is 0 Å². The van der Waals surface area contributed by atoms with Crippen LogP contribution in [0.4, 0.5) is 0 Å². The van der Waals surface area contributed by atoms with Gasteiger partial charge in [-0.3, -0.25) is 4.79 Å². The Morgan fingerprint density at radius 3 is 3.10 bits per heavy atom. The quantitative estimate of drug-likeness (QED) is 0.850. The van der Waals surface area contributed by atoms with E-state index in [1.54, 1.807) is 22.8 Å². The van der Waals surface area contributed by atoms with Crippen LogP contribution in [0.25, 0.3) is 0 Å². The summed E-state index contributed by atoms with van der Waals surface area (Å²) in [5.41, 5.74) is 0.588. The molecule has 2 N–H and O–H groups in total. The van der Waals surface area contributed by atoms with Crippen LogP contribution in [0, 0.1) is 11.8 Å². The molecule has 0 aliphatic carbocycles.